The van der Waals surface area contributed by atoms with Crippen molar-refractivity contribution in [1.82, 2.24) is 4.90 Å². The maximum absolute atomic E-state index is 12.4. The number of benzene rings is 1. The quantitative estimate of drug-likeness (QED) is 0.927. The van der Waals surface area contributed by atoms with Crippen LogP contribution in [-0.2, 0) is 14.3 Å². The van der Waals surface area contributed by atoms with Crippen LogP contribution in [0.5, 0.6) is 0 Å². The van der Waals surface area contributed by atoms with Crippen molar-refractivity contribution >= 4 is 29.3 Å². The smallest absolute Gasteiger partial charge is 0.238 e. The third-order valence-electron chi connectivity index (χ3n) is 4.19. The van der Waals surface area contributed by atoms with Crippen molar-refractivity contribution in [3.63, 3.8) is 0 Å². The van der Waals surface area contributed by atoms with Crippen molar-refractivity contribution in [2.24, 2.45) is 0 Å². The van der Waals surface area contributed by atoms with E-state index in [1.165, 1.54) is 11.8 Å². The molecule has 118 valence electrons. The average molecular weight is 320 g/mol. The minimum absolute atomic E-state index is 0.0570. The van der Waals surface area contributed by atoms with Gasteiger partial charge in [-0.1, -0.05) is 12.1 Å². The fourth-order valence-corrected chi connectivity index (χ4v) is 3.96. The highest BCUT2D eigenvalue weighted by molar-refractivity contribution is 8.01. The van der Waals surface area contributed by atoms with Crippen LogP contribution in [-0.4, -0.2) is 48.3 Å². The van der Waals surface area contributed by atoms with Gasteiger partial charge in [-0.3, -0.25) is 9.59 Å². The number of nitrogens with one attached hydrogen (secondary N) is 1. The first-order chi connectivity index (χ1) is 10.7. The number of ether oxygens (including phenoxy) is 1. The zero-order valence-corrected chi connectivity index (χ0v) is 13.4. The lowest BCUT2D eigenvalue weighted by Crippen LogP contribution is -2.43. The molecule has 3 rings (SSSR count). The predicted molar refractivity (Wildman–Crippen MR) is 85.9 cm³/mol. The highest BCUT2D eigenvalue weighted by Gasteiger charge is 2.31. The van der Waals surface area contributed by atoms with Gasteiger partial charge in [-0.2, -0.15) is 0 Å². The van der Waals surface area contributed by atoms with Gasteiger partial charge in [0.05, 0.1) is 17.0 Å². The largest absolute Gasteiger partial charge is 0.381 e. The Morgan fingerprint density at radius 3 is 2.82 bits per heavy atom. The first-order valence-corrected chi connectivity index (χ1v) is 8.42. The van der Waals surface area contributed by atoms with Crippen LogP contribution in [0.4, 0.5) is 5.69 Å². The molecule has 1 aromatic rings. The Bertz CT molecular complexity index is 570. The van der Waals surface area contributed by atoms with Gasteiger partial charge < -0.3 is 15.0 Å². The summed E-state index contributed by atoms with van der Waals surface area (Å²) in [5.74, 6) is -0.0228. The number of nitrogens with zero attached hydrogens (tertiary/aromatic N) is 1. The number of thioether (sulfide) groups is 1. The molecule has 0 radical (unpaired) electrons. The van der Waals surface area contributed by atoms with Gasteiger partial charge in [0.15, 0.2) is 0 Å². The molecular weight excluding hydrogens is 300 g/mol. The highest BCUT2D eigenvalue weighted by Crippen LogP contribution is 2.36. The highest BCUT2D eigenvalue weighted by atomic mass is 32.2. The number of fused-ring (bicyclic) bond motifs is 1. The van der Waals surface area contributed by atoms with Crippen LogP contribution in [0.2, 0.25) is 0 Å². The molecule has 5 nitrogen and oxygen atoms in total. The van der Waals surface area contributed by atoms with Gasteiger partial charge in [-0.05, 0) is 25.0 Å². The Hall–Kier alpha value is -1.53. The molecule has 0 aromatic heterocycles. The van der Waals surface area contributed by atoms with Crippen molar-refractivity contribution in [3.05, 3.63) is 24.3 Å². The molecule has 1 N–H and O–H groups in total. The number of piperidine rings is 1. The Morgan fingerprint density at radius 1 is 1.36 bits per heavy atom. The summed E-state index contributed by atoms with van der Waals surface area (Å²) in [7, 11) is 1.71. The van der Waals surface area contributed by atoms with Crippen LogP contribution < -0.4 is 5.32 Å². The SMILES string of the molecule is COC1CCN(C(=O)CC2Sc3ccccc3NC2=O)CC1. The minimum Gasteiger partial charge on any atom is -0.381 e. The summed E-state index contributed by atoms with van der Waals surface area (Å²) in [5.41, 5.74) is 0.835. The molecule has 1 atom stereocenters. The number of carbonyl (C=O) groups excluding carboxylic acids is 2. The van der Waals surface area contributed by atoms with Crippen LogP contribution >= 0.6 is 11.8 Å². The maximum atomic E-state index is 12.4. The molecule has 0 bridgehead atoms. The minimum atomic E-state index is -0.345. The normalized spacial score (nSPS) is 22.1. The standard InChI is InChI=1S/C16H20N2O3S/c1-21-11-6-8-18(9-7-11)15(19)10-14-16(20)17-12-4-2-3-5-13(12)22-14/h2-5,11,14H,6-10H2,1H3,(H,17,20). The molecule has 1 saturated heterocycles. The van der Waals surface area contributed by atoms with Crippen molar-refractivity contribution < 1.29 is 14.3 Å². The zero-order chi connectivity index (χ0) is 15.5. The van der Waals surface area contributed by atoms with E-state index in [-0.39, 0.29) is 29.6 Å². The summed E-state index contributed by atoms with van der Waals surface area (Å²) < 4.78 is 5.32. The topological polar surface area (TPSA) is 58.6 Å². The number of methoxy groups -OCH3 is 1. The summed E-state index contributed by atoms with van der Waals surface area (Å²) in [6.45, 7) is 1.43. The fourth-order valence-electron chi connectivity index (χ4n) is 2.86. The first-order valence-electron chi connectivity index (χ1n) is 7.54. The molecule has 2 aliphatic rings. The van der Waals surface area contributed by atoms with E-state index in [1.54, 1.807) is 7.11 Å². The van der Waals surface area contributed by atoms with Crippen LogP contribution in [0.25, 0.3) is 0 Å². The summed E-state index contributed by atoms with van der Waals surface area (Å²) in [5, 5.41) is 2.54. The Labute approximate surface area is 134 Å². The lowest BCUT2D eigenvalue weighted by atomic mass is 10.1. The van der Waals surface area contributed by atoms with E-state index in [4.69, 9.17) is 4.74 Å². The van der Waals surface area contributed by atoms with Crippen molar-refractivity contribution in [1.29, 1.82) is 0 Å². The van der Waals surface area contributed by atoms with Crippen LogP contribution in [0.1, 0.15) is 19.3 Å². The molecule has 0 saturated carbocycles. The Kier molecular flexibility index (Phi) is 4.69. The van der Waals surface area contributed by atoms with Crippen LogP contribution in [0.3, 0.4) is 0 Å². The van der Waals surface area contributed by atoms with E-state index in [1.807, 2.05) is 29.2 Å². The van der Waals surface area contributed by atoms with E-state index in [9.17, 15) is 9.59 Å². The van der Waals surface area contributed by atoms with Crippen LogP contribution in [0, 0.1) is 0 Å². The number of rotatable bonds is 3. The Balaban J connectivity index is 1.59. The molecular formula is C16H20N2O3S. The monoisotopic (exact) mass is 320 g/mol. The third-order valence-corrected chi connectivity index (χ3v) is 5.47. The van der Waals surface area contributed by atoms with Gasteiger partial charge in [0.25, 0.3) is 0 Å². The van der Waals surface area contributed by atoms with Crippen molar-refractivity contribution in [2.75, 3.05) is 25.5 Å². The molecule has 1 aromatic carbocycles. The number of likely N-dealkylation sites (tertiary alicyclic amines) is 1. The molecule has 6 heteroatoms. The van der Waals surface area contributed by atoms with Crippen molar-refractivity contribution in [2.45, 2.75) is 35.5 Å². The number of amides is 2. The van der Waals surface area contributed by atoms with Gasteiger partial charge in [0, 0.05) is 31.5 Å². The average Bonchev–Trinajstić information content (AvgIpc) is 2.55. The zero-order valence-electron chi connectivity index (χ0n) is 12.6. The van der Waals surface area contributed by atoms with Gasteiger partial charge in [-0.15, -0.1) is 11.8 Å². The molecule has 0 aliphatic carbocycles. The number of hydrogen-bond acceptors (Lipinski definition) is 4. The second-order valence-corrected chi connectivity index (χ2v) is 6.86. The summed E-state index contributed by atoms with van der Waals surface area (Å²) in [6, 6.07) is 7.69. The second-order valence-electron chi connectivity index (χ2n) is 5.61. The summed E-state index contributed by atoms with van der Waals surface area (Å²) >= 11 is 1.48. The van der Waals surface area contributed by atoms with Gasteiger partial charge in [0.1, 0.15) is 0 Å². The lowest BCUT2D eigenvalue weighted by Gasteiger charge is -2.32. The number of hydrogen-bond donors (Lipinski definition) is 1. The summed E-state index contributed by atoms with van der Waals surface area (Å²) in [6.07, 6.45) is 2.25. The molecule has 1 unspecified atom stereocenters. The van der Waals surface area contributed by atoms with Gasteiger partial charge in [-0.25, -0.2) is 0 Å². The molecule has 0 spiro atoms. The van der Waals surface area contributed by atoms with E-state index in [2.05, 4.69) is 5.32 Å². The fraction of sp³-hybridized carbons (Fsp3) is 0.500. The predicted octanol–water partition coefficient (Wildman–Crippen LogP) is 2.13. The van der Waals surface area contributed by atoms with Crippen molar-refractivity contribution in [3.8, 4) is 0 Å². The van der Waals surface area contributed by atoms with E-state index >= 15 is 0 Å². The van der Waals surface area contributed by atoms with Gasteiger partial charge in [0.2, 0.25) is 11.8 Å². The van der Waals surface area contributed by atoms with E-state index in [0.717, 1.165) is 23.4 Å². The molecule has 2 heterocycles. The number of anilines is 1. The second kappa shape index (κ2) is 6.71. The maximum Gasteiger partial charge on any atom is 0.238 e. The molecule has 2 amide bonds. The third kappa shape index (κ3) is 3.28. The molecule has 22 heavy (non-hydrogen) atoms. The lowest BCUT2D eigenvalue weighted by molar-refractivity contribution is -0.134. The van der Waals surface area contributed by atoms with E-state index in [0.29, 0.717) is 13.1 Å². The van der Waals surface area contributed by atoms with E-state index < -0.39 is 0 Å². The van der Waals surface area contributed by atoms with Crippen LogP contribution in [0.15, 0.2) is 29.2 Å². The molecule has 1 fully saturated rings. The summed E-state index contributed by atoms with van der Waals surface area (Å²) in [4.78, 5) is 27.4. The van der Waals surface area contributed by atoms with Gasteiger partial charge >= 0.3 is 0 Å². The number of para-hydroxylation sites is 1. The molecule has 2 aliphatic heterocycles. The Morgan fingerprint density at radius 2 is 2.09 bits per heavy atom. The number of carbonyl (C=O) groups is 2. The first kappa shape index (κ1) is 15.4.